The number of amides is 1. The second-order valence-electron chi connectivity index (χ2n) is 6.21. The summed E-state index contributed by atoms with van der Waals surface area (Å²) >= 11 is 0. The Bertz CT molecular complexity index is 1040. The molecule has 8 nitrogen and oxygen atoms in total. The second kappa shape index (κ2) is 6.07. The fourth-order valence-corrected chi connectivity index (χ4v) is 3.08. The number of nitrogens with zero attached hydrogens (tertiary/aromatic N) is 3. The zero-order valence-corrected chi connectivity index (χ0v) is 13.5. The van der Waals surface area contributed by atoms with Gasteiger partial charge in [0.2, 0.25) is 5.88 Å². The van der Waals surface area contributed by atoms with Crippen molar-refractivity contribution in [1.82, 2.24) is 4.98 Å². The van der Waals surface area contributed by atoms with Crippen LogP contribution in [0.25, 0.3) is 10.9 Å². The number of aromatic nitrogens is 1. The van der Waals surface area contributed by atoms with Gasteiger partial charge in [0.15, 0.2) is 5.69 Å². The Hall–Kier alpha value is -3.55. The van der Waals surface area contributed by atoms with E-state index in [4.69, 9.17) is 0 Å². The summed E-state index contributed by atoms with van der Waals surface area (Å²) in [6.45, 7) is 0. The molecular weight excluding hydrogens is 336 g/mol. The molecule has 0 unspecified atom stereocenters. The number of nitro benzene ring substituents is 1. The molecule has 4 rings (SSSR count). The van der Waals surface area contributed by atoms with E-state index in [1.165, 1.54) is 18.2 Å². The van der Waals surface area contributed by atoms with Crippen molar-refractivity contribution in [2.45, 2.75) is 12.3 Å². The first-order valence-corrected chi connectivity index (χ1v) is 8.04. The molecule has 0 bridgehead atoms. The summed E-state index contributed by atoms with van der Waals surface area (Å²) in [5.41, 5.74) is 1.45. The number of aromatic amines is 1. The number of azo groups is 1. The third kappa shape index (κ3) is 2.81. The summed E-state index contributed by atoms with van der Waals surface area (Å²) in [6.07, 6.45) is 0.715. The molecule has 1 heterocycles. The summed E-state index contributed by atoms with van der Waals surface area (Å²) in [6, 6.07) is 13.8. The van der Waals surface area contributed by atoms with Gasteiger partial charge in [-0.15, -0.1) is 10.2 Å². The van der Waals surface area contributed by atoms with Crippen molar-refractivity contribution in [2.24, 2.45) is 16.1 Å². The molecular formula is C18H14N4O4. The summed E-state index contributed by atoms with van der Waals surface area (Å²) in [4.78, 5) is 25.3. The highest BCUT2D eigenvalue weighted by molar-refractivity contribution is 5.96. The van der Waals surface area contributed by atoms with Gasteiger partial charge >= 0.3 is 0 Å². The molecule has 2 atom stereocenters. The Morgan fingerprint density at radius 2 is 2.00 bits per heavy atom. The second-order valence-corrected chi connectivity index (χ2v) is 6.21. The number of rotatable bonds is 4. The first kappa shape index (κ1) is 15.9. The van der Waals surface area contributed by atoms with Gasteiger partial charge in [-0.05, 0) is 24.0 Å². The molecule has 1 fully saturated rings. The lowest BCUT2D eigenvalue weighted by molar-refractivity contribution is -0.384. The van der Waals surface area contributed by atoms with Gasteiger partial charge in [0.05, 0.1) is 10.4 Å². The van der Waals surface area contributed by atoms with Crippen LogP contribution in [0.2, 0.25) is 0 Å². The number of hydrogen-bond donors (Lipinski definition) is 2. The molecule has 0 spiro atoms. The van der Waals surface area contributed by atoms with Crippen LogP contribution in [0.5, 0.6) is 5.88 Å². The molecule has 1 saturated carbocycles. The predicted molar refractivity (Wildman–Crippen MR) is 93.4 cm³/mol. The lowest BCUT2D eigenvalue weighted by Gasteiger charge is -1.97. The molecule has 1 amide bonds. The maximum atomic E-state index is 12.2. The van der Waals surface area contributed by atoms with E-state index in [1.807, 2.05) is 30.3 Å². The van der Waals surface area contributed by atoms with Gasteiger partial charge in [-0.25, -0.2) is 0 Å². The average molecular weight is 350 g/mol. The van der Waals surface area contributed by atoms with Gasteiger partial charge in [-0.1, -0.05) is 30.3 Å². The maximum absolute atomic E-state index is 12.2. The van der Waals surface area contributed by atoms with E-state index in [1.54, 1.807) is 0 Å². The standard InChI is InChI=1S/C18H14N4O4/c23-17(13-9-12(13)10-4-2-1-3-5-10)21-20-16-14-8-11(22(25)26)6-7-15(14)19-18(16)24/h1-8,12-13,19,24H,9H2/t12-,13+/m1/s1. The summed E-state index contributed by atoms with van der Waals surface area (Å²) in [5.74, 6) is -0.728. The van der Waals surface area contributed by atoms with E-state index < -0.39 is 4.92 Å². The predicted octanol–water partition coefficient (Wildman–Crippen LogP) is 4.20. The number of benzene rings is 2. The summed E-state index contributed by atoms with van der Waals surface area (Å²) < 4.78 is 0. The molecule has 2 aromatic carbocycles. The van der Waals surface area contributed by atoms with Gasteiger partial charge in [0.1, 0.15) is 0 Å². The maximum Gasteiger partial charge on any atom is 0.270 e. The lowest BCUT2D eigenvalue weighted by Crippen LogP contribution is -1.96. The van der Waals surface area contributed by atoms with Crippen LogP contribution < -0.4 is 0 Å². The van der Waals surface area contributed by atoms with E-state index in [-0.39, 0.29) is 35.0 Å². The molecule has 1 aromatic heterocycles. The molecule has 3 aromatic rings. The number of aromatic hydroxyl groups is 1. The number of nitro groups is 1. The van der Waals surface area contributed by atoms with Crippen molar-refractivity contribution in [1.29, 1.82) is 0 Å². The summed E-state index contributed by atoms with van der Waals surface area (Å²) in [5, 5.41) is 28.8. The van der Waals surface area contributed by atoms with Gasteiger partial charge in [-0.2, -0.15) is 0 Å². The van der Waals surface area contributed by atoms with Crippen LogP contribution in [-0.4, -0.2) is 20.9 Å². The molecule has 1 aliphatic carbocycles. The summed E-state index contributed by atoms with van der Waals surface area (Å²) in [7, 11) is 0. The van der Waals surface area contributed by atoms with Crippen molar-refractivity contribution in [2.75, 3.05) is 0 Å². The smallest absolute Gasteiger partial charge is 0.270 e. The number of hydrogen-bond acceptors (Lipinski definition) is 5. The van der Waals surface area contributed by atoms with Crippen LogP contribution in [-0.2, 0) is 4.79 Å². The first-order chi connectivity index (χ1) is 12.5. The van der Waals surface area contributed by atoms with Gasteiger partial charge in [0, 0.05) is 23.4 Å². The fraction of sp³-hybridized carbons (Fsp3) is 0.167. The highest BCUT2D eigenvalue weighted by Crippen LogP contribution is 2.48. The fourth-order valence-electron chi connectivity index (χ4n) is 3.08. The normalized spacial score (nSPS) is 19.1. The van der Waals surface area contributed by atoms with E-state index >= 15 is 0 Å². The largest absolute Gasteiger partial charge is 0.493 e. The van der Waals surface area contributed by atoms with Crippen LogP contribution >= 0.6 is 0 Å². The van der Waals surface area contributed by atoms with Crippen molar-refractivity contribution in [3.8, 4) is 5.88 Å². The van der Waals surface area contributed by atoms with E-state index in [0.29, 0.717) is 17.3 Å². The van der Waals surface area contributed by atoms with Gasteiger partial charge < -0.3 is 10.1 Å². The Kier molecular flexibility index (Phi) is 3.72. The third-order valence-electron chi connectivity index (χ3n) is 4.53. The molecule has 1 aliphatic rings. The van der Waals surface area contributed by atoms with Crippen molar-refractivity contribution in [3.63, 3.8) is 0 Å². The van der Waals surface area contributed by atoms with Crippen LogP contribution in [0.1, 0.15) is 17.9 Å². The van der Waals surface area contributed by atoms with Crippen molar-refractivity contribution < 1.29 is 14.8 Å². The van der Waals surface area contributed by atoms with Crippen LogP contribution in [0.3, 0.4) is 0 Å². The number of carbonyl (C=O) groups excluding carboxylic acids is 1. The Labute approximate surface area is 147 Å². The zero-order valence-electron chi connectivity index (χ0n) is 13.5. The van der Waals surface area contributed by atoms with E-state index in [9.17, 15) is 20.0 Å². The highest BCUT2D eigenvalue weighted by atomic mass is 16.6. The third-order valence-corrected chi connectivity index (χ3v) is 4.53. The molecule has 0 radical (unpaired) electrons. The van der Waals surface area contributed by atoms with Crippen LogP contribution in [0.4, 0.5) is 11.4 Å². The first-order valence-electron chi connectivity index (χ1n) is 8.04. The van der Waals surface area contributed by atoms with Gasteiger partial charge in [0.25, 0.3) is 11.6 Å². The Morgan fingerprint density at radius 3 is 2.73 bits per heavy atom. The number of non-ortho nitro benzene ring substituents is 1. The van der Waals surface area contributed by atoms with Crippen molar-refractivity contribution in [3.05, 3.63) is 64.2 Å². The minimum absolute atomic E-state index is 0.0222. The average Bonchev–Trinajstić information content (AvgIpc) is 3.38. The zero-order chi connectivity index (χ0) is 18.3. The molecule has 8 heteroatoms. The monoisotopic (exact) mass is 350 g/mol. The van der Waals surface area contributed by atoms with E-state index in [0.717, 1.165) is 5.56 Å². The molecule has 0 saturated heterocycles. The number of H-pyrrole nitrogens is 1. The number of nitrogens with one attached hydrogen (secondary N) is 1. The SMILES string of the molecule is O=C(N=Nc1c(O)[nH]c2ccc([N+](=O)[O-])cc12)[C@H]1C[C@@H]1c1ccccc1. The molecule has 130 valence electrons. The minimum Gasteiger partial charge on any atom is -0.493 e. The number of carbonyl (C=O) groups is 1. The number of fused-ring (bicyclic) bond motifs is 1. The van der Waals surface area contributed by atoms with Crippen LogP contribution in [0, 0.1) is 16.0 Å². The molecule has 2 N–H and O–H groups in total. The van der Waals surface area contributed by atoms with Crippen molar-refractivity contribution >= 4 is 28.2 Å². The Balaban J connectivity index is 1.57. The van der Waals surface area contributed by atoms with E-state index in [2.05, 4.69) is 15.2 Å². The molecule has 0 aliphatic heterocycles. The van der Waals surface area contributed by atoms with Crippen LogP contribution in [0.15, 0.2) is 58.8 Å². The minimum atomic E-state index is -0.537. The molecule has 26 heavy (non-hydrogen) atoms. The highest BCUT2D eigenvalue weighted by Gasteiger charge is 2.44. The topological polar surface area (TPSA) is 121 Å². The quantitative estimate of drug-likeness (QED) is 0.416. The Morgan fingerprint density at radius 1 is 1.23 bits per heavy atom. The lowest BCUT2D eigenvalue weighted by atomic mass is 10.1. The van der Waals surface area contributed by atoms with Gasteiger partial charge in [-0.3, -0.25) is 14.9 Å².